The molecule has 0 saturated heterocycles. The second-order valence-electron chi connectivity index (χ2n) is 11.0. The van der Waals surface area contributed by atoms with E-state index in [9.17, 15) is 10.2 Å². The van der Waals surface area contributed by atoms with Gasteiger partial charge in [0.15, 0.2) is 0 Å². The monoisotopic (exact) mass is 424 g/mol. The summed E-state index contributed by atoms with van der Waals surface area (Å²) in [4.78, 5) is 0. The third-order valence-corrected chi connectivity index (χ3v) is 8.23. The number of hydrogen-bond acceptors (Lipinski definition) is 2. The van der Waals surface area contributed by atoms with Crippen molar-refractivity contribution in [1.29, 1.82) is 0 Å². The van der Waals surface area contributed by atoms with Crippen LogP contribution in [0.5, 0.6) is 11.5 Å². The van der Waals surface area contributed by atoms with Gasteiger partial charge in [0.2, 0.25) is 0 Å². The molecule has 0 amide bonds. The van der Waals surface area contributed by atoms with E-state index >= 15 is 0 Å². The molecule has 1 aromatic rings. The summed E-state index contributed by atoms with van der Waals surface area (Å²) in [6, 6.07) is 3.80. The van der Waals surface area contributed by atoms with E-state index in [1.54, 1.807) is 0 Å². The average molecular weight is 425 g/mol. The number of benzene rings is 1. The van der Waals surface area contributed by atoms with Gasteiger partial charge in [-0.1, -0.05) is 76.7 Å². The summed E-state index contributed by atoms with van der Waals surface area (Å²) in [5, 5.41) is 22.2. The first kappa shape index (κ1) is 24.0. The molecule has 31 heavy (non-hydrogen) atoms. The average Bonchev–Trinajstić information content (AvgIpc) is 2.72. The molecule has 2 aliphatic rings. The zero-order valence-corrected chi connectivity index (χ0v) is 20.5. The normalized spacial score (nSPS) is 25.3. The number of rotatable bonds is 7. The Labute approximate surface area is 190 Å². The Hall–Kier alpha value is -1.70. The van der Waals surface area contributed by atoms with Crippen molar-refractivity contribution in [2.75, 3.05) is 0 Å². The minimum Gasteiger partial charge on any atom is -0.507 e. The summed E-state index contributed by atoms with van der Waals surface area (Å²) < 4.78 is 0. The first-order valence-corrected chi connectivity index (χ1v) is 12.6. The summed E-state index contributed by atoms with van der Waals surface area (Å²) in [5.74, 6) is 2.09. The van der Waals surface area contributed by atoms with Crippen molar-refractivity contribution in [3.05, 3.63) is 47.1 Å². The topological polar surface area (TPSA) is 40.5 Å². The summed E-state index contributed by atoms with van der Waals surface area (Å²) in [5.41, 5.74) is 4.22. The highest BCUT2D eigenvalue weighted by Crippen LogP contribution is 2.51. The van der Waals surface area contributed by atoms with Crippen molar-refractivity contribution in [3.63, 3.8) is 0 Å². The van der Waals surface area contributed by atoms with Crippen LogP contribution in [-0.2, 0) is 5.41 Å². The van der Waals surface area contributed by atoms with Crippen LogP contribution >= 0.6 is 0 Å². The zero-order valence-electron chi connectivity index (χ0n) is 20.5. The van der Waals surface area contributed by atoms with Gasteiger partial charge in [-0.25, -0.2) is 0 Å². The third kappa shape index (κ3) is 5.21. The van der Waals surface area contributed by atoms with E-state index in [0.29, 0.717) is 11.5 Å². The zero-order chi connectivity index (χ0) is 22.8. The van der Waals surface area contributed by atoms with E-state index < -0.39 is 0 Å². The summed E-state index contributed by atoms with van der Waals surface area (Å²) in [6.45, 7) is 15.3. The molecule has 3 atom stereocenters. The fourth-order valence-corrected chi connectivity index (χ4v) is 6.14. The number of allylic oxidation sites excluding steroid dienone is 3. The standard InChI is InChI=1S/C29H44O2/c1-7-8-14-29(5,6)22-16-26(30)28(27(31)17-22)25-15-20(4)24(18-23(25)19(2)3)21-12-10-9-11-13-21/h15-17,21,23-25,30-31H,2,7-14,18H2,1,3-6H3. The van der Waals surface area contributed by atoms with E-state index in [0.717, 1.165) is 42.7 Å². The van der Waals surface area contributed by atoms with Gasteiger partial charge in [0, 0.05) is 11.5 Å². The van der Waals surface area contributed by atoms with Gasteiger partial charge in [-0.05, 0) is 80.4 Å². The highest BCUT2D eigenvalue weighted by atomic mass is 16.3. The lowest BCUT2D eigenvalue weighted by atomic mass is 9.64. The molecule has 3 rings (SSSR count). The van der Waals surface area contributed by atoms with E-state index in [2.05, 4.69) is 47.3 Å². The predicted octanol–water partition coefficient (Wildman–Crippen LogP) is 8.39. The van der Waals surface area contributed by atoms with Crippen molar-refractivity contribution in [2.45, 2.75) is 104 Å². The van der Waals surface area contributed by atoms with Gasteiger partial charge in [0.05, 0.1) is 0 Å². The molecule has 2 N–H and O–H groups in total. The lowest BCUT2D eigenvalue weighted by molar-refractivity contribution is 0.229. The number of hydrogen-bond donors (Lipinski definition) is 2. The Balaban J connectivity index is 1.96. The van der Waals surface area contributed by atoms with Crippen LogP contribution in [0.1, 0.15) is 109 Å². The molecular formula is C29H44O2. The van der Waals surface area contributed by atoms with Gasteiger partial charge >= 0.3 is 0 Å². The van der Waals surface area contributed by atoms with Gasteiger partial charge in [0.1, 0.15) is 11.5 Å². The Morgan fingerprint density at radius 1 is 1.10 bits per heavy atom. The minimum absolute atomic E-state index is 0.00913. The fraction of sp³-hybridized carbons (Fsp3) is 0.655. The van der Waals surface area contributed by atoms with Crippen LogP contribution in [-0.4, -0.2) is 10.2 Å². The Bertz CT molecular complexity index is 787. The first-order valence-electron chi connectivity index (χ1n) is 12.6. The van der Waals surface area contributed by atoms with Gasteiger partial charge < -0.3 is 10.2 Å². The Morgan fingerprint density at radius 3 is 2.26 bits per heavy atom. The van der Waals surface area contributed by atoms with Crippen LogP contribution in [0, 0.1) is 17.8 Å². The van der Waals surface area contributed by atoms with Crippen LogP contribution < -0.4 is 0 Å². The molecule has 0 aliphatic heterocycles. The number of unbranched alkanes of at least 4 members (excludes halogenated alkanes) is 1. The van der Waals surface area contributed by atoms with Crippen LogP contribution in [0.4, 0.5) is 0 Å². The lowest BCUT2D eigenvalue weighted by Gasteiger charge is -2.40. The number of phenols is 2. The molecule has 2 heteroatoms. The van der Waals surface area contributed by atoms with Gasteiger partial charge in [-0.2, -0.15) is 0 Å². The minimum atomic E-state index is -0.0678. The van der Waals surface area contributed by atoms with Crippen molar-refractivity contribution in [2.24, 2.45) is 17.8 Å². The van der Waals surface area contributed by atoms with Crippen LogP contribution in [0.25, 0.3) is 0 Å². The molecular weight excluding hydrogens is 380 g/mol. The van der Waals surface area contributed by atoms with Crippen molar-refractivity contribution < 1.29 is 10.2 Å². The third-order valence-electron chi connectivity index (χ3n) is 8.23. The molecule has 172 valence electrons. The SMILES string of the molecule is C=C(C)C1CC(C2CCCCC2)C(C)=CC1c1c(O)cc(C(C)(C)CCCC)cc1O. The summed E-state index contributed by atoms with van der Waals surface area (Å²) in [7, 11) is 0. The van der Waals surface area contributed by atoms with E-state index in [1.807, 2.05) is 12.1 Å². The molecule has 1 saturated carbocycles. The van der Waals surface area contributed by atoms with Crippen LogP contribution in [0.2, 0.25) is 0 Å². The smallest absolute Gasteiger partial charge is 0.123 e. The van der Waals surface area contributed by atoms with E-state index in [-0.39, 0.29) is 28.7 Å². The lowest BCUT2D eigenvalue weighted by Crippen LogP contribution is -2.29. The number of phenolic OH excluding ortho intramolecular Hbond substituents is 2. The second kappa shape index (κ2) is 9.84. The molecule has 0 aromatic heterocycles. The van der Waals surface area contributed by atoms with E-state index in [4.69, 9.17) is 0 Å². The van der Waals surface area contributed by atoms with Crippen LogP contribution in [0.15, 0.2) is 35.9 Å². The molecule has 1 aromatic carbocycles. The van der Waals surface area contributed by atoms with Gasteiger partial charge in [-0.3, -0.25) is 0 Å². The fourth-order valence-electron chi connectivity index (χ4n) is 6.14. The largest absolute Gasteiger partial charge is 0.507 e. The molecule has 2 aliphatic carbocycles. The number of aromatic hydroxyl groups is 2. The molecule has 0 spiro atoms. The van der Waals surface area contributed by atoms with Gasteiger partial charge in [-0.15, -0.1) is 0 Å². The van der Waals surface area contributed by atoms with Crippen molar-refractivity contribution >= 4 is 0 Å². The van der Waals surface area contributed by atoms with Gasteiger partial charge in [0.25, 0.3) is 0 Å². The maximum absolute atomic E-state index is 11.1. The molecule has 1 fully saturated rings. The molecule has 3 unspecified atom stereocenters. The first-order chi connectivity index (χ1) is 14.7. The Morgan fingerprint density at radius 2 is 1.71 bits per heavy atom. The quantitative estimate of drug-likeness (QED) is 0.431. The highest BCUT2D eigenvalue weighted by molar-refractivity contribution is 5.53. The maximum atomic E-state index is 11.1. The molecule has 0 heterocycles. The van der Waals surface area contributed by atoms with Crippen molar-refractivity contribution in [1.82, 2.24) is 0 Å². The molecule has 0 bridgehead atoms. The summed E-state index contributed by atoms with van der Waals surface area (Å²) >= 11 is 0. The molecule has 0 radical (unpaired) electrons. The maximum Gasteiger partial charge on any atom is 0.123 e. The summed E-state index contributed by atoms with van der Waals surface area (Å²) in [6.07, 6.45) is 13.5. The highest BCUT2D eigenvalue weighted by Gasteiger charge is 2.37. The predicted molar refractivity (Wildman–Crippen MR) is 132 cm³/mol. The second-order valence-corrected chi connectivity index (χ2v) is 11.0. The van der Waals surface area contributed by atoms with Crippen LogP contribution in [0.3, 0.4) is 0 Å². The van der Waals surface area contributed by atoms with E-state index in [1.165, 1.54) is 37.7 Å². The van der Waals surface area contributed by atoms with Crippen molar-refractivity contribution in [3.8, 4) is 11.5 Å². The Kier molecular flexibility index (Phi) is 7.60. The molecule has 2 nitrogen and oxygen atoms in total.